The third-order valence-corrected chi connectivity index (χ3v) is 5.96. The molecule has 1 aromatic carbocycles. The van der Waals surface area contributed by atoms with Crippen LogP contribution in [-0.2, 0) is 14.8 Å². The summed E-state index contributed by atoms with van der Waals surface area (Å²) in [6.45, 7) is 3.52. The molecule has 1 fully saturated rings. The van der Waals surface area contributed by atoms with E-state index in [1.807, 2.05) is 0 Å². The minimum Gasteiger partial charge on any atom is -0.480 e. The Balaban J connectivity index is 2.25. The van der Waals surface area contributed by atoms with Gasteiger partial charge in [-0.05, 0) is 31.0 Å². The van der Waals surface area contributed by atoms with Crippen molar-refractivity contribution in [2.75, 3.05) is 6.54 Å². The standard InChI is InChI=1S/C18H24N2O5S/c1-2-12-19-26(24,25)15-9-7-8-14(13-15)16(21)20-18(17(22)23)10-5-3-4-6-11-18/h2,7-9,13,19H,1,3-6,10-12H2,(H,20,21)(H,22,23). The number of hydrogen-bond donors (Lipinski definition) is 3. The number of benzene rings is 1. The highest BCUT2D eigenvalue weighted by Gasteiger charge is 2.40. The van der Waals surface area contributed by atoms with E-state index in [1.165, 1.54) is 30.3 Å². The van der Waals surface area contributed by atoms with E-state index in [-0.39, 0.29) is 17.0 Å². The molecule has 1 amide bonds. The van der Waals surface area contributed by atoms with Crippen molar-refractivity contribution in [2.45, 2.75) is 49.0 Å². The molecule has 2 rings (SSSR count). The summed E-state index contributed by atoms with van der Waals surface area (Å²) in [5, 5.41) is 12.3. The zero-order chi connectivity index (χ0) is 19.2. The molecule has 0 saturated heterocycles. The molecule has 26 heavy (non-hydrogen) atoms. The van der Waals surface area contributed by atoms with E-state index in [9.17, 15) is 23.1 Å². The van der Waals surface area contributed by atoms with Gasteiger partial charge in [0.25, 0.3) is 5.91 Å². The Morgan fingerprint density at radius 2 is 1.85 bits per heavy atom. The molecular formula is C18H24N2O5S. The molecule has 1 saturated carbocycles. The van der Waals surface area contributed by atoms with Gasteiger partial charge in [0.2, 0.25) is 10.0 Å². The number of nitrogens with one attached hydrogen (secondary N) is 2. The summed E-state index contributed by atoms with van der Waals surface area (Å²) in [6.07, 6.45) is 5.48. The van der Waals surface area contributed by atoms with Crippen LogP contribution in [0.3, 0.4) is 0 Å². The summed E-state index contributed by atoms with van der Waals surface area (Å²) in [6, 6.07) is 5.54. The fourth-order valence-electron chi connectivity index (χ4n) is 3.07. The van der Waals surface area contributed by atoms with Gasteiger partial charge in [0.1, 0.15) is 5.54 Å². The van der Waals surface area contributed by atoms with E-state index < -0.39 is 27.4 Å². The Hall–Kier alpha value is -2.19. The normalized spacial score (nSPS) is 17.1. The number of sulfonamides is 1. The second kappa shape index (κ2) is 8.46. The van der Waals surface area contributed by atoms with Gasteiger partial charge in [-0.2, -0.15) is 0 Å². The number of carboxylic acid groups (broad SMARTS) is 1. The van der Waals surface area contributed by atoms with E-state index in [4.69, 9.17) is 0 Å². The number of amides is 1. The minimum atomic E-state index is -3.77. The summed E-state index contributed by atoms with van der Waals surface area (Å²) in [5.74, 6) is -1.64. The zero-order valence-corrected chi connectivity index (χ0v) is 15.3. The fraction of sp³-hybridized carbons (Fsp3) is 0.444. The molecule has 0 heterocycles. The van der Waals surface area contributed by atoms with Crippen LogP contribution in [0, 0.1) is 0 Å². The van der Waals surface area contributed by atoms with Crippen LogP contribution in [0.4, 0.5) is 0 Å². The van der Waals surface area contributed by atoms with Crippen LogP contribution in [0.1, 0.15) is 48.9 Å². The first kappa shape index (κ1) is 20.1. The summed E-state index contributed by atoms with van der Waals surface area (Å²) in [4.78, 5) is 24.4. The number of carbonyl (C=O) groups is 2. The highest BCUT2D eigenvalue weighted by molar-refractivity contribution is 7.89. The highest BCUT2D eigenvalue weighted by Crippen LogP contribution is 2.28. The Morgan fingerprint density at radius 1 is 1.19 bits per heavy atom. The number of carbonyl (C=O) groups excluding carboxylic acids is 1. The number of rotatable bonds is 7. The molecule has 0 spiro atoms. The predicted molar refractivity (Wildman–Crippen MR) is 97.4 cm³/mol. The smallest absolute Gasteiger partial charge is 0.329 e. The molecule has 0 atom stereocenters. The van der Waals surface area contributed by atoms with Crippen LogP contribution in [0.25, 0.3) is 0 Å². The van der Waals surface area contributed by atoms with Gasteiger partial charge in [0.15, 0.2) is 0 Å². The van der Waals surface area contributed by atoms with Gasteiger partial charge in [-0.15, -0.1) is 6.58 Å². The van der Waals surface area contributed by atoms with Crippen molar-refractivity contribution in [3.63, 3.8) is 0 Å². The second-order valence-corrected chi connectivity index (χ2v) is 8.19. The number of hydrogen-bond acceptors (Lipinski definition) is 4. The van der Waals surface area contributed by atoms with E-state index in [2.05, 4.69) is 16.6 Å². The predicted octanol–water partition coefficient (Wildman–Crippen LogP) is 2.06. The first-order valence-corrected chi connectivity index (χ1v) is 10.1. The van der Waals surface area contributed by atoms with Gasteiger partial charge < -0.3 is 10.4 Å². The van der Waals surface area contributed by atoms with Gasteiger partial charge in [-0.3, -0.25) is 4.79 Å². The summed E-state index contributed by atoms with van der Waals surface area (Å²) in [7, 11) is -3.77. The quantitative estimate of drug-likeness (QED) is 0.495. The van der Waals surface area contributed by atoms with Crippen LogP contribution < -0.4 is 10.0 Å². The Labute approximate surface area is 153 Å². The third kappa shape index (κ3) is 4.70. The second-order valence-electron chi connectivity index (χ2n) is 6.42. The summed E-state index contributed by atoms with van der Waals surface area (Å²) in [5.41, 5.74) is -1.19. The minimum absolute atomic E-state index is 0.0581. The molecule has 0 radical (unpaired) electrons. The van der Waals surface area contributed by atoms with Crippen molar-refractivity contribution >= 4 is 21.9 Å². The van der Waals surface area contributed by atoms with Crippen LogP contribution in [0.2, 0.25) is 0 Å². The Kier molecular flexibility index (Phi) is 6.55. The molecule has 8 heteroatoms. The van der Waals surface area contributed by atoms with E-state index in [0.29, 0.717) is 12.8 Å². The maximum absolute atomic E-state index is 12.6. The van der Waals surface area contributed by atoms with Gasteiger partial charge in [-0.25, -0.2) is 17.9 Å². The Morgan fingerprint density at radius 3 is 2.42 bits per heavy atom. The lowest BCUT2D eigenvalue weighted by molar-refractivity contribution is -0.145. The molecular weight excluding hydrogens is 356 g/mol. The lowest BCUT2D eigenvalue weighted by Crippen LogP contribution is -2.54. The highest BCUT2D eigenvalue weighted by atomic mass is 32.2. The van der Waals surface area contributed by atoms with Crippen LogP contribution in [-0.4, -0.2) is 37.5 Å². The van der Waals surface area contributed by atoms with Crippen molar-refractivity contribution in [3.05, 3.63) is 42.5 Å². The van der Waals surface area contributed by atoms with Crippen molar-refractivity contribution in [1.29, 1.82) is 0 Å². The summed E-state index contributed by atoms with van der Waals surface area (Å²) < 4.78 is 26.7. The largest absolute Gasteiger partial charge is 0.480 e. The van der Waals surface area contributed by atoms with E-state index in [1.54, 1.807) is 0 Å². The number of carboxylic acids is 1. The molecule has 0 aromatic heterocycles. The SMILES string of the molecule is C=CCNS(=O)(=O)c1cccc(C(=O)NC2(C(=O)O)CCCCCC2)c1. The molecule has 0 aliphatic heterocycles. The molecule has 142 valence electrons. The molecule has 7 nitrogen and oxygen atoms in total. The van der Waals surface area contributed by atoms with Crippen molar-refractivity contribution < 1.29 is 23.1 Å². The van der Waals surface area contributed by atoms with Crippen molar-refractivity contribution in [1.82, 2.24) is 10.0 Å². The van der Waals surface area contributed by atoms with Gasteiger partial charge in [0, 0.05) is 12.1 Å². The fourth-order valence-corrected chi connectivity index (χ4v) is 4.11. The number of aliphatic carboxylic acids is 1. The summed E-state index contributed by atoms with van der Waals surface area (Å²) >= 11 is 0. The van der Waals surface area contributed by atoms with Gasteiger partial charge in [0.05, 0.1) is 4.90 Å². The van der Waals surface area contributed by atoms with Crippen molar-refractivity contribution in [2.24, 2.45) is 0 Å². The third-order valence-electron chi connectivity index (χ3n) is 4.54. The zero-order valence-electron chi connectivity index (χ0n) is 14.5. The molecule has 1 aliphatic rings. The van der Waals surface area contributed by atoms with Crippen molar-refractivity contribution in [3.8, 4) is 0 Å². The molecule has 1 aromatic rings. The maximum atomic E-state index is 12.6. The molecule has 3 N–H and O–H groups in total. The maximum Gasteiger partial charge on any atom is 0.329 e. The van der Waals surface area contributed by atoms with E-state index >= 15 is 0 Å². The average molecular weight is 380 g/mol. The van der Waals surface area contributed by atoms with Gasteiger partial charge in [-0.1, -0.05) is 37.8 Å². The lowest BCUT2D eigenvalue weighted by atomic mass is 9.90. The van der Waals surface area contributed by atoms with Crippen LogP contribution >= 0.6 is 0 Å². The monoisotopic (exact) mass is 380 g/mol. The molecule has 1 aliphatic carbocycles. The first-order valence-electron chi connectivity index (χ1n) is 8.57. The average Bonchev–Trinajstić information content (AvgIpc) is 2.86. The molecule has 0 unspecified atom stereocenters. The Bertz CT molecular complexity index is 781. The lowest BCUT2D eigenvalue weighted by Gasteiger charge is -2.29. The molecule has 0 bridgehead atoms. The van der Waals surface area contributed by atoms with Gasteiger partial charge >= 0.3 is 5.97 Å². The van der Waals surface area contributed by atoms with E-state index in [0.717, 1.165) is 25.7 Å². The topological polar surface area (TPSA) is 113 Å². The van der Waals surface area contributed by atoms with Crippen LogP contribution in [0.15, 0.2) is 41.8 Å². The van der Waals surface area contributed by atoms with Crippen LogP contribution in [0.5, 0.6) is 0 Å². The first-order chi connectivity index (χ1) is 12.3.